The first kappa shape index (κ1) is 22.3. The number of aliphatic carboxylic acids is 1. The number of piperidine rings is 1. The van der Waals surface area contributed by atoms with Crippen molar-refractivity contribution in [3.8, 4) is 0 Å². The van der Waals surface area contributed by atoms with Gasteiger partial charge in [0.05, 0.1) is 5.92 Å². The normalized spacial score (nSPS) is 15.2. The highest BCUT2D eigenvalue weighted by molar-refractivity contribution is 5.86. The van der Waals surface area contributed by atoms with Crippen molar-refractivity contribution >= 4 is 18.0 Å². The summed E-state index contributed by atoms with van der Waals surface area (Å²) in [7, 11) is 0. The van der Waals surface area contributed by atoms with Crippen molar-refractivity contribution in [2.24, 2.45) is 5.92 Å². The molecule has 2 aromatic carbocycles. The highest BCUT2D eigenvalue weighted by Crippen LogP contribution is 2.19. The molecule has 164 valence electrons. The van der Waals surface area contributed by atoms with Crippen molar-refractivity contribution in [1.29, 1.82) is 0 Å². The van der Waals surface area contributed by atoms with Gasteiger partial charge in [-0.3, -0.25) is 9.59 Å². The van der Waals surface area contributed by atoms with Crippen molar-refractivity contribution in [3.05, 3.63) is 71.5 Å². The number of carboxylic acids is 1. The van der Waals surface area contributed by atoms with E-state index >= 15 is 0 Å². The summed E-state index contributed by atoms with van der Waals surface area (Å²) >= 11 is 0. The third-order valence-corrected chi connectivity index (χ3v) is 5.31. The van der Waals surface area contributed by atoms with Crippen LogP contribution in [0, 0.1) is 11.7 Å². The predicted molar refractivity (Wildman–Crippen MR) is 111 cm³/mol. The van der Waals surface area contributed by atoms with Crippen molar-refractivity contribution < 1.29 is 28.6 Å². The number of ether oxygens (including phenoxy) is 1. The number of likely N-dealkylation sites (tertiary alicyclic amines) is 1. The van der Waals surface area contributed by atoms with E-state index in [1.54, 1.807) is 17.0 Å². The van der Waals surface area contributed by atoms with E-state index in [0.717, 1.165) is 5.56 Å². The average molecular weight is 428 g/mol. The second-order valence-electron chi connectivity index (χ2n) is 7.53. The molecular weight excluding hydrogens is 403 g/mol. The molecule has 1 unspecified atom stereocenters. The lowest BCUT2D eigenvalue weighted by molar-refractivity contribution is -0.146. The molecule has 0 aromatic heterocycles. The summed E-state index contributed by atoms with van der Waals surface area (Å²) in [6.07, 6.45) is 0.161. The number of amides is 2. The first-order valence-electron chi connectivity index (χ1n) is 10.2. The Morgan fingerprint density at radius 1 is 1.03 bits per heavy atom. The number of rotatable bonds is 7. The first-order chi connectivity index (χ1) is 14.9. The van der Waals surface area contributed by atoms with E-state index in [4.69, 9.17) is 9.84 Å². The maximum Gasteiger partial charge on any atom is 0.408 e. The third kappa shape index (κ3) is 6.53. The standard InChI is InChI=1S/C23H25FN2O5/c24-19-8-6-16(7-9-19)14-20(21(27)26-12-10-18(11-13-26)22(28)29)25-23(30)31-15-17-4-2-1-3-5-17/h1-9,18,20H,10-15H2,(H,25,30)(H,28,29). The zero-order valence-corrected chi connectivity index (χ0v) is 17.0. The fourth-order valence-electron chi connectivity index (χ4n) is 3.53. The monoisotopic (exact) mass is 428 g/mol. The summed E-state index contributed by atoms with van der Waals surface area (Å²) in [5.41, 5.74) is 1.50. The largest absolute Gasteiger partial charge is 0.481 e. The average Bonchev–Trinajstić information content (AvgIpc) is 2.79. The fourth-order valence-corrected chi connectivity index (χ4v) is 3.53. The third-order valence-electron chi connectivity index (χ3n) is 5.31. The Morgan fingerprint density at radius 3 is 2.29 bits per heavy atom. The molecule has 0 radical (unpaired) electrons. The van der Waals surface area contributed by atoms with Crippen LogP contribution in [0.25, 0.3) is 0 Å². The Kier molecular flexibility index (Phi) is 7.59. The molecule has 1 aliphatic heterocycles. The molecule has 2 aromatic rings. The van der Waals surface area contributed by atoms with Crippen LogP contribution < -0.4 is 5.32 Å². The van der Waals surface area contributed by atoms with E-state index in [2.05, 4.69) is 5.32 Å². The molecule has 1 heterocycles. The van der Waals surface area contributed by atoms with Gasteiger partial charge in [-0.25, -0.2) is 9.18 Å². The minimum atomic E-state index is -0.907. The maximum atomic E-state index is 13.2. The van der Waals surface area contributed by atoms with Crippen molar-refractivity contribution in [2.75, 3.05) is 13.1 Å². The van der Waals surface area contributed by atoms with Crippen LogP contribution in [0.5, 0.6) is 0 Å². The van der Waals surface area contributed by atoms with Crippen LogP contribution in [0.2, 0.25) is 0 Å². The highest BCUT2D eigenvalue weighted by atomic mass is 19.1. The molecule has 31 heavy (non-hydrogen) atoms. The summed E-state index contributed by atoms with van der Waals surface area (Å²) in [4.78, 5) is 38.2. The molecule has 0 spiro atoms. The van der Waals surface area contributed by atoms with E-state index in [1.165, 1.54) is 12.1 Å². The minimum Gasteiger partial charge on any atom is -0.481 e. The Hall–Kier alpha value is -3.42. The lowest BCUT2D eigenvalue weighted by Crippen LogP contribution is -2.52. The number of benzene rings is 2. The van der Waals surface area contributed by atoms with Gasteiger partial charge in [-0.15, -0.1) is 0 Å². The van der Waals surface area contributed by atoms with Crippen LogP contribution in [-0.4, -0.2) is 47.1 Å². The number of nitrogens with zero attached hydrogens (tertiary/aromatic N) is 1. The van der Waals surface area contributed by atoms with Gasteiger partial charge in [0.25, 0.3) is 0 Å². The zero-order chi connectivity index (χ0) is 22.2. The Morgan fingerprint density at radius 2 is 1.68 bits per heavy atom. The molecule has 0 aliphatic carbocycles. The fraction of sp³-hybridized carbons (Fsp3) is 0.348. The molecule has 1 fully saturated rings. The van der Waals surface area contributed by atoms with Gasteiger partial charge in [0.2, 0.25) is 5.91 Å². The molecule has 0 saturated carbocycles. The van der Waals surface area contributed by atoms with Gasteiger partial charge >= 0.3 is 12.1 Å². The van der Waals surface area contributed by atoms with Gasteiger partial charge in [0.15, 0.2) is 0 Å². The van der Waals surface area contributed by atoms with E-state index in [1.807, 2.05) is 30.3 Å². The van der Waals surface area contributed by atoms with Crippen molar-refractivity contribution in [1.82, 2.24) is 10.2 Å². The van der Waals surface area contributed by atoms with E-state index in [9.17, 15) is 18.8 Å². The van der Waals surface area contributed by atoms with Gasteiger partial charge in [-0.1, -0.05) is 42.5 Å². The van der Waals surface area contributed by atoms with Gasteiger partial charge in [0.1, 0.15) is 18.5 Å². The smallest absolute Gasteiger partial charge is 0.408 e. The summed E-state index contributed by atoms with van der Waals surface area (Å²) in [6.45, 7) is 0.668. The maximum absolute atomic E-state index is 13.2. The SMILES string of the molecule is O=C(NC(Cc1ccc(F)cc1)C(=O)N1CCC(C(=O)O)CC1)OCc1ccccc1. The molecule has 1 atom stereocenters. The Labute approximate surface area is 179 Å². The summed E-state index contributed by atoms with van der Waals surface area (Å²) in [6, 6.07) is 14.0. The predicted octanol–water partition coefficient (Wildman–Crippen LogP) is 2.99. The van der Waals surface area contributed by atoms with Crippen LogP contribution in [0.1, 0.15) is 24.0 Å². The number of carbonyl (C=O) groups excluding carboxylic acids is 2. The highest BCUT2D eigenvalue weighted by Gasteiger charge is 2.31. The number of carboxylic acid groups (broad SMARTS) is 1. The molecule has 3 rings (SSSR count). The first-order valence-corrected chi connectivity index (χ1v) is 10.2. The van der Waals surface area contributed by atoms with Crippen molar-refractivity contribution in [2.45, 2.75) is 31.9 Å². The van der Waals surface area contributed by atoms with E-state index < -0.39 is 29.8 Å². The van der Waals surface area contributed by atoms with Gasteiger partial charge < -0.3 is 20.1 Å². The van der Waals surface area contributed by atoms with E-state index in [0.29, 0.717) is 31.5 Å². The molecule has 2 N–H and O–H groups in total. The zero-order valence-electron chi connectivity index (χ0n) is 17.0. The molecule has 0 bridgehead atoms. The van der Waals surface area contributed by atoms with Gasteiger partial charge in [-0.2, -0.15) is 0 Å². The van der Waals surface area contributed by atoms with Crippen LogP contribution in [-0.2, 0) is 27.4 Å². The lowest BCUT2D eigenvalue weighted by Gasteiger charge is -2.33. The quantitative estimate of drug-likeness (QED) is 0.707. The molecule has 1 aliphatic rings. The second kappa shape index (κ2) is 10.6. The van der Waals surface area contributed by atoms with Crippen molar-refractivity contribution in [3.63, 3.8) is 0 Å². The van der Waals surface area contributed by atoms with Crippen LogP contribution >= 0.6 is 0 Å². The number of nitrogens with one attached hydrogen (secondary N) is 1. The topological polar surface area (TPSA) is 95.9 Å². The molecule has 2 amide bonds. The van der Waals surface area contributed by atoms with Crippen LogP contribution in [0.3, 0.4) is 0 Å². The minimum absolute atomic E-state index is 0.0636. The number of hydrogen-bond donors (Lipinski definition) is 2. The number of carbonyl (C=O) groups is 3. The second-order valence-corrected chi connectivity index (χ2v) is 7.53. The molecule has 8 heteroatoms. The number of halogens is 1. The van der Waals surface area contributed by atoms with E-state index in [-0.39, 0.29) is 18.9 Å². The Bertz CT molecular complexity index is 896. The summed E-state index contributed by atoms with van der Waals surface area (Å²) in [5.74, 6) is -2.04. The summed E-state index contributed by atoms with van der Waals surface area (Å²) < 4.78 is 18.5. The molecule has 1 saturated heterocycles. The lowest BCUT2D eigenvalue weighted by atomic mass is 9.96. The summed E-state index contributed by atoms with van der Waals surface area (Å²) in [5, 5.41) is 11.8. The molecular formula is C23H25FN2O5. The number of alkyl carbamates (subject to hydrolysis) is 1. The van der Waals surface area contributed by atoms with Crippen LogP contribution in [0.15, 0.2) is 54.6 Å². The molecule has 7 nitrogen and oxygen atoms in total. The van der Waals surface area contributed by atoms with Crippen LogP contribution in [0.4, 0.5) is 9.18 Å². The van der Waals surface area contributed by atoms with Gasteiger partial charge in [-0.05, 0) is 36.1 Å². The Balaban J connectivity index is 1.65. The van der Waals surface area contributed by atoms with Gasteiger partial charge in [0, 0.05) is 19.5 Å². The number of hydrogen-bond acceptors (Lipinski definition) is 4.